The maximum atomic E-state index is 13.5. The van der Waals surface area contributed by atoms with E-state index in [9.17, 15) is 14.4 Å². The van der Waals surface area contributed by atoms with Crippen LogP contribution in [0.5, 0.6) is 0 Å². The first-order valence-corrected chi connectivity index (χ1v) is 13.5. The van der Waals surface area contributed by atoms with Gasteiger partial charge in [0.15, 0.2) is 8.24 Å². The summed E-state index contributed by atoms with van der Waals surface area (Å²) in [7, 11) is -2.22. The molecular formula is C25H28N2O3Si. The molecule has 1 fully saturated rings. The third-order valence-corrected chi connectivity index (χ3v) is 12.3. The highest BCUT2D eigenvalue weighted by atomic mass is 28.3. The van der Waals surface area contributed by atoms with Crippen molar-refractivity contribution in [2.24, 2.45) is 0 Å². The van der Waals surface area contributed by atoms with Gasteiger partial charge in [0.1, 0.15) is 6.04 Å². The van der Waals surface area contributed by atoms with E-state index in [-0.39, 0.29) is 28.8 Å². The topological polar surface area (TPSA) is 57.7 Å². The summed E-state index contributed by atoms with van der Waals surface area (Å²) in [4.78, 5) is 40.8. The molecule has 0 radical (unpaired) electrons. The Bertz CT molecular complexity index is 1050. The highest BCUT2D eigenvalue weighted by Crippen LogP contribution is 2.45. The predicted molar refractivity (Wildman–Crippen MR) is 124 cm³/mol. The van der Waals surface area contributed by atoms with Gasteiger partial charge in [-0.1, -0.05) is 88.5 Å². The number of nitrogens with zero attached hydrogens (tertiary/aromatic N) is 2. The fourth-order valence-corrected chi connectivity index (χ4v) is 6.57. The molecule has 2 aliphatic heterocycles. The molecule has 160 valence electrons. The summed E-state index contributed by atoms with van der Waals surface area (Å²) in [5.74, 6) is -0.900. The normalized spacial score (nSPS) is 21.6. The van der Waals surface area contributed by atoms with E-state index in [1.807, 2.05) is 47.0 Å². The highest BCUT2D eigenvalue weighted by Gasteiger charge is 2.61. The van der Waals surface area contributed by atoms with Crippen LogP contribution in [0, 0.1) is 0 Å². The van der Waals surface area contributed by atoms with Crippen molar-refractivity contribution in [1.82, 2.24) is 9.47 Å². The first-order chi connectivity index (χ1) is 14.6. The lowest BCUT2D eigenvalue weighted by Gasteiger charge is -2.58. The van der Waals surface area contributed by atoms with Crippen molar-refractivity contribution in [3.63, 3.8) is 0 Å². The summed E-state index contributed by atoms with van der Waals surface area (Å²) in [6.45, 7) is 10.8. The molecule has 2 aromatic rings. The molecule has 4 rings (SSSR count). The van der Waals surface area contributed by atoms with Gasteiger partial charge in [-0.25, -0.2) is 0 Å². The first-order valence-electron chi connectivity index (χ1n) is 10.6. The van der Waals surface area contributed by atoms with E-state index >= 15 is 0 Å². The highest BCUT2D eigenvalue weighted by molar-refractivity contribution is 6.80. The molecule has 3 amide bonds. The van der Waals surface area contributed by atoms with Crippen LogP contribution in [-0.4, -0.2) is 47.5 Å². The molecule has 2 heterocycles. The second-order valence-electron chi connectivity index (χ2n) is 9.75. The number of β-lactam (4-membered cyclic amide) rings is 1. The van der Waals surface area contributed by atoms with Crippen molar-refractivity contribution < 1.29 is 14.4 Å². The van der Waals surface area contributed by atoms with Gasteiger partial charge in [0.25, 0.3) is 11.8 Å². The Hall–Kier alpha value is -2.99. The monoisotopic (exact) mass is 432 g/mol. The number of amides is 3. The Kier molecular flexibility index (Phi) is 5.01. The summed E-state index contributed by atoms with van der Waals surface area (Å²) in [6.07, 6.45) is 3.95. The quantitative estimate of drug-likeness (QED) is 0.404. The Labute approximate surface area is 184 Å². The molecule has 0 spiro atoms. The number of carbonyl (C=O) groups excluding carboxylic acids is 3. The van der Waals surface area contributed by atoms with E-state index in [0.29, 0.717) is 11.1 Å². The SMILES string of the molecule is CC(C)(C)[Si](C)(C)N1C(=O)[C@@H](N2C(=O)c3ccccc3C2=O)[C@H]1C=Cc1ccccc1. The zero-order chi connectivity index (χ0) is 22.6. The molecule has 5 nitrogen and oxygen atoms in total. The molecule has 0 aliphatic carbocycles. The van der Waals surface area contributed by atoms with Crippen LogP contribution in [0.2, 0.25) is 18.1 Å². The van der Waals surface area contributed by atoms with Crippen molar-refractivity contribution in [2.45, 2.75) is 51.0 Å². The summed E-state index contributed by atoms with van der Waals surface area (Å²) in [5, 5.41) is -0.0611. The number of hydrogen-bond acceptors (Lipinski definition) is 3. The van der Waals surface area contributed by atoms with Gasteiger partial charge in [-0.05, 0) is 22.7 Å². The number of rotatable bonds is 4. The number of fused-ring (bicyclic) bond motifs is 1. The zero-order valence-electron chi connectivity index (χ0n) is 18.6. The standard InChI is InChI=1S/C25H28N2O3Si/c1-25(2,3)31(4,5)27-20(16-15-17-11-7-6-8-12-17)21(24(27)30)26-22(28)18-13-9-10-14-19(18)23(26)29/h6-16,20-21H,1-5H3/t20-,21+/m1/s1. The fraction of sp³-hybridized carbons (Fsp3) is 0.320. The molecule has 0 N–H and O–H groups in total. The number of imide groups is 1. The molecular weight excluding hydrogens is 404 g/mol. The van der Waals surface area contributed by atoms with Crippen molar-refractivity contribution in [3.05, 3.63) is 77.4 Å². The zero-order valence-corrected chi connectivity index (χ0v) is 19.6. The van der Waals surface area contributed by atoms with Gasteiger partial charge in [0, 0.05) is 0 Å². The number of hydrogen-bond donors (Lipinski definition) is 0. The van der Waals surface area contributed by atoms with Crippen LogP contribution >= 0.6 is 0 Å². The molecule has 0 unspecified atom stereocenters. The van der Waals surface area contributed by atoms with E-state index in [4.69, 9.17) is 0 Å². The number of benzene rings is 2. The molecule has 0 bridgehead atoms. The van der Waals surface area contributed by atoms with Crippen LogP contribution in [0.25, 0.3) is 6.08 Å². The van der Waals surface area contributed by atoms with Gasteiger partial charge in [-0.15, -0.1) is 0 Å². The van der Waals surface area contributed by atoms with E-state index in [1.54, 1.807) is 24.3 Å². The lowest BCUT2D eigenvalue weighted by molar-refractivity contribution is -0.145. The van der Waals surface area contributed by atoms with Gasteiger partial charge in [0.2, 0.25) is 5.91 Å². The minimum atomic E-state index is -2.22. The Morgan fingerprint density at radius 1 is 0.839 bits per heavy atom. The summed E-state index contributed by atoms with van der Waals surface area (Å²) in [5.41, 5.74) is 1.76. The molecule has 0 aromatic heterocycles. The van der Waals surface area contributed by atoms with Gasteiger partial charge in [-0.2, -0.15) is 0 Å². The molecule has 31 heavy (non-hydrogen) atoms. The third-order valence-electron chi connectivity index (χ3n) is 6.94. The minimum Gasteiger partial charge on any atom is -0.359 e. The largest absolute Gasteiger partial charge is 0.359 e. The predicted octanol–water partition coefficient (Wildman–Crippen LogP) is 4.58. The van der Waals surface area contributed by atoms with E-state index in [0.717, 1.165) is 5.56 Å². The third kappa shape index (κ3) is 3.26. The molecule has 2 aromatic carbocycles. The van der Waals surface area contributed by atoms with Crippen LogP contribution in [-0.2, 0) is 4.79 Å². The summed E-state index contributed by atoms with van der Waals surface area (Å²) in [6, 6.07) is 15.5. The number of carbonyl (C=O) groups is 3. The van der Waals surface area contributed by atoms with Gasteiger partial charge >= 0.3 is 0 Å². The Morgan fingerprint density at radius 3 is 1.87 bits per heavy atom. The maximum Gasteiger partial charge on any atom is 0.262 e. The molecule has 2 atom stereocenters. The lowest BCUT2D eigenvalue weighted by Crippen LogP contribution is -2.78. The lowest BCUT2D eigenvalue weighted by atomic mass is 9.95. The van der Waals surface area contributed by atoms with Crippen molar-refractivity contribution >= 4 is 32.0 Å². The molecule has 0 saturated carbocycles. The van der Waals surface area contributed by atoms with Crippen LogP contribution in [0.4, 0.5) is 0 Å². The maximum absolute atomic E-state index is 13.5. The van der Waals surface area contributed by atoms with E-state index in [2.05, 4.69) is 33.9 Å². The van der Waals surface area contributed by atoms with Crippen LogP contribution in [0.15, 0.2) is 60.7 Å². The van der Waals surface area contributed by atoms with Crippen molar-refractivity contribution in [3.8, 4) is 0 Å². The fourth-order valence-electron chi connectivity index (χ4n) is 4.19. The molecule has 1 saturated heterocycles. The van der Waals surface area contributed by atoms with E-state index in [1.165, 1.54) is 4.90 Å². The van der Waals surface area contributed by atoms with Crippen LogP contribution in [0.1, 0.15) is 47.1 Å². The second kappa shape index (κ2) is 7.30. The smallest absolute Gasteiger partial charge is 0.262 e. The van der Waals surface area contributed by atoms with Gasteiger partial charge < -0.3 is 4.57 Å². The molecule has 6 heteroatoms. The average molecular weight is 433 g/mol. The summed E-state index contributed by atoms with van der Waals surface area (Å²) < 4.78 is 1.96. The minimum absolute atomic E-state index is 0.0611. The average Bonchev–Trinajstić information content (AvgIpc) is 2.96. The van der Waals surface area contributed by atoms with Crippen molar-refractivity contribution in [1.29, 1.82) is 0 Å². The molecule has 2 aliphatic rings. The van der Waals surface area contributed by atoms with Crippen LogP contribution < -0.4 is 0 Å². The van der Waals surface area contributed by atoms with Crippen LogP contribution in [0.3, 0.4) is 0 Å². The van der Waals surface area contributed by atoms with Crippen molar-refractivity contribution in [2.75, 3.05) is 0 Å². The van der Waals surface area contributed by atoms with Gasteiger partial charge in [-0.3, -0.25) is 19.3 Å². The van der Waals surface area contributed by atoms with E-state index < -0.39 is 14.3 Å². The summed E-state index contributed by atoms with van der Waals surface area (Å²) >= 11 is 0. The Morgan fingerprint density at radius 2 is 1.35 bits per heavy atom. The second-order valence-corrected chi connectivity index (χ2v) is 14.8. The Balaban J connectivity index is 1.74. The first kappa shape index (κ1) is 21.2. The van der Waals surface area contributed by atoms with Gasteiger partial charge in [0.05, 0.1) is 17.2 Å².